The quantitative estimate of drug-likeness (QED) is 0.662. The van der Waals surface area contributed by atoms with Crippen LogP contribution in [0.25, 0.3) is 0 Å². The second-order valence-electron chi connectivity index (χ2n) is 3.87. The summed E-state index contributed by atoms with van der Waals surface area (Å²) in [6.45, 7) is 6.96. The molecular weight excluding hydrogens is 176 g/mol. The first-order valence-electron chi connectivity index (χ1n) is 4.68. The molecule has 0 aromatic carbocycles. The van der Waals surface area contributed by atoms with E-state index in [1.807, 2.05) is 25.7 Å². The van der Waals surface area contributed by atoms with Crippen LogP contribution in [0.3, 0.4) is 0 Å². The normalized spacial score (nSPS) is 31.6. The summed E-state index contributed by atoms with van der Waals surface area (Å²) in [6.07, 6.45) is -3.37. The molecule has 0 aliphatic carbocycles. The zero-order valence-electron chi connectivity index (χ0n) is 8.34. The van der Waals surface area contributed by atoms with Crippen molar-refractivity contribution in [2.24, 2.45) is 0 Å². The molecule has 0 radical (unpaired) electrons. The fourth-order valence-corrected chi connectivity index (χ4v) is 1.58. The van der Waals surface area contributed by atoms with Gasteiger partial charge in [-0.1, -0.05) is 0 Å². The third-order valence-electron chi connectivity index (χ3n) is 2.32. The second-order valence-corrected chi connectivity index (χ2v) is 3.87. The summed E-state index contributed by atoms with van der Waals surface area (Å²) >= 11 is 0. The fourth-order valence-electron chi connectivity index (χ4n) is 1.58. The molecule has 4 heteroatoms. The van der Waals surface area contributed by atoms with Gasteiger partial charge in [0.05, 0.1) is 6.10 Å². The van der Waals surface area contributed by atoms with E-state index >= 15 is 0 Å². The van der Waals surface area contributed by atoms with Crippen molar-refractivity contribution in [3.8, 4) is 0 Å². The van der Waals surface area contributed by atoms with Gasteiger partial charge in [0.2, 0.25) is 0 Å². The molecule has 2 atom stereocenters. The van der Waals surface area contributed by atoms with Crippen LogP contribution in [0.2, 0.25) is 0 Å². The molecule has 0 aromatic heterocycles. The van der Waals surface area contributed by atoms with Gasteiger partial charge in [0.25, 0.3) is 6.43 Å². The number of hydrogen-bond acceptors (Lipinski definition) is 2. The Morgan fingerprint density at radius 2 is 1.92 bits per heavy atom. The van der Waals surface area contributed by atoms with Crippen molar-refractivity contribution in [3.63, 3.8) is 0 Å². The zero-order valence-corrected chi connectivity index (χ0v) is 8.34. The standard InChI is InChI=1S/C9H17F2NO/c1-6(2)12-4-7(3)13-8(5-12)9(10)11/h6-9H,4-5H2,1-3H3/t7-,8-/m0/s1. The van der Waals surface area contributed by atoms with Crippen molar-refractivity contribution in [1.82, 2.24) is 4.90 Å². The van der Waals surface area contributed by atoms with Gasteiger partial charge in [0, 0.05) is 19.1 Å². The molecule has 1 rings (SSSR count). The summed E-state index contributed by atoms with van der Waals surface area (Å²) in [5.74, 6) is 0. The molecule has 0 bridgehead atoms. The highest BCUT2D eigenvalue weighted by Crippen LogP contribution is 2.18. The molecule has 1 saturated heterocycles. The number of halogens is 2. The molecule has 0 N–H and O–H groups in total. The molecule has 1 aliphatic heterocycles. The highest BCUT2D eigenvalue weighted by molar-refractivity contribution is 4.79. The summed E-state index contributed by atoms with van der Waals surface area (Å²) in [6, 6.07) is 0.313. The Labute approximate surface area is 77.9 Å². The minimum Gasteiger partial charge on any atom is -0.367 e. The lowest BCUT2D eigenvalue weighted by atomic mass is 10.2. The van der Waals surface area contributed by atoms with E-state index in [4.69, 9.17) is 4.74 Å². The highest BCUT2D eigenvalue weighted by atomic mass is 19.3. The molecule has 0 spiro atoms. The first-order chi connectivity index (χ1) is 6.00. The lowest BCUT2D eigenvalue weighted by Gasteiger charge is -2.38. The predicted molar refractivity (Wildman–Crippen MR) is 47.0 cm³/mol. The summed E-state index contributed by atoms with van der Waals surface area (Å²) in [7, 11) is 0. The van der Waals surface area contributed by atoms with Crippen LogP contribution in [0.1, 0.15) is 20.8 Å². The molecule has 0 unspecified atom stereocenters. The van der Waals surface area contributed by atoms with Gasteiger partial charge in [-0.25, -0.2) is 8.78 Å². The van der Waals surface area contributed by atoms with E-state index in [-0.39, 0.29) is 6.10 Å². The van der Waals surface area contributed by atoms with Crippen molar-refractivity contribution in [1.29, 1.82) is 0 Å². The molecule has 13 heavy (non-hydrogen) atoms. The monoisotopic (exact) mass is 193 g/mol. The van der Waals surface area contributed by atoms with Crippen molar-refractivity contribution >= 4 is 0 Å². The first-order valence-corrected chi connectivity index (χ1v) is 4.68. The molecule has 0 saturated carbocycles. The maximum Gasteiger partial charge on any atom is 0.265 e. The van der Waals surface area contributed by atoms with Gasteiger partial charge in [-0.15, -0.1) is 0 Å². The minimum absolute atomic E-state index is 0.0878. The third kappa shape index (κ3) is 2.88. The summed E-state index contributed by atoms with van der Waals surface area (Å²) in [4.78, 5) is 2.03. The van der Waals surface area contributed by atoms with E-state index in [1.165, 1.54) is 0 Å². The molecule has 78 valence electrons. The van der Waals surface area contributed by atoms with Crippen molar-refractivity contribution < 1.29 is 13.5 Å². The smallest absolute Gasteiger partial charge is 0.265 e. The van der Waals surface area contributed by atoms with E-state index in [0.717, 1.165) is 6.54 Å². The van der Waals surface area contributed by atoms with E-state index in [0.29, 0.717) is 12.6 Å². The largest absolute Gasteiger partial charge is 0.367 e. The van der Waals surface area contributed by atoms with Gasteiger partial charge in [-0.2, -0.15) is 0 Å². The van der Waals surface area contributed by atoms with Gasteiger partial charge >= 0.3 is 0 Å². The number of hydrogen-bond donors (Lipinski definition) is 0. The number of morpholine rings is 1. The van der Waals surface area contributed by atoms with Gasteiger partial charge in [-0.05, 0) is 20.8 Å². The number of ether oxygens (including phenoxy) is 1. The highest BCUT2D eigenvalue weighted by Gasteiger charge is 2.32. The van der Waals surface area contributed by atoms with Crippen LogP contribution >= 0.6 is 0 Å². The molecular formula is C9H17F2NO. The number of alkyl halides is 2. The van der Waals surface area contributed by atoms with Crippen LogP contribution in [0.5, 0.6) is 0 Å². The lowest BCUT2D eigenvalue weighted by molar-refractivity contribution is -0.140. The maximum atomic E-state index is 12.4. The van der Waals surface area contributed by atoms with Crippen molar-refractivity contribution in [2.75, 3.05) is 13.1 Å². The molecule has 1 aliphatic rings. The Kier molecular flexibility index (Phi) is 3.62. The Morgan fingerprint density at radius 3 is 2.38 bits per heavy atom. The minimum atomic E-state index is -2.37. The molecule has 2 nitrogen and oxygen atoms in total. The first kappa shape index (κ1) is 10.9. The average molecular weight is 193 g/mol. The van der Waals surface area contributed by atoms with Crippen molar-refractivity contribution in [3.05, 3.63) is 0 Å². The van der Waals surface area contributed by atoms with Crippen molar-refractivity contribution in [2.45, 2.75) is 45.4 Å². The van der Waals surface area contributed by atoms with E-state index in [1.54, 1.807) is 0 Å². The number of nitrogens with zero attached hydrogens (tertiary/aromatic N) is 1. The Morgan fingerprint density at radius 1 is 1.31 bits per heavy atom. The maximum absolute atomic E-state index is 12.4. The van der Waals surface area contributed by atoms with Crippen LogP contribution < -0.4 is 0 Å². The van der Waals surface area contributed by atoms with Gasteiger partial charge < -0.3 is 4.74 Å². The van der Waals surface area contributed by atoms with Crippen LogP contribution in [0.15, 0.2) is 0 Å². The average Bonchev–Trinajstić information content (AvgIpc) is 2.03. The van der Waals surface area contributed by atoms with E-state index in [2.05, 4.69) is 0 Å². The van der Waals surface area contributed by atoms with Gasteiger partial charge in [0.15, 0.2) is 0 Å². The molecule has 1 fully saturated rings. The van der Waals surface area contributed by atoms with Gasteiger partial charge in [0.1, 0.15) is 6.10 Å². The van der Waals surface area contributed by atoms with E-state index < -0.39 is 12.5 Å². The van der Waals surface area contributed by atoms with Crippen LogP contribution in [0.4, 0.5) is 8.78 Å². The topological polar surface area (TPSA) is 12.5 Å². The Balaban J connectivity index is 2.52. The Hall–Kier alpha value is -0.220. The second kappa shape index (κ2) is 4.33. The fraction of sp³-hybridized carbons (Fsp3) is 1.00. The number of rotatable bonds is 2. The summed E-state index contributed by atoms with van der Waals surface area (Å²) in [5.41, 5.74) is 0. The van der Waals surface area contributed by atoms with Crippen LogP contribution in [-0.2, 0) is 4.74 Å². The SMILES string of the molecule is CC(C)N1C[C@@H](C(F)F)O[C@@H](C)C1. The predicted octanol–water partition coefficient (Wildman–Crippen LogP) is 1.75. The molecule has 0 aromatic rings. The van der Waals surface area contributed by atoms with Gasteiger partial charge in [-0.3, -0.25) is 4.90 Å². The zero-order chi connectivity index (χ0) is 10.0. The van der Waals surface area contributed by atoms with Crippen LogP contribution in [0, 0.1) is 0 Å². The van der Waals surface area contributed by atoms with E-state index in [9.17, 15) is 8.78 Å². The van der Waals surface area contributed by atoms with Crippen LogP contribution in [-0.4, -0.2) is 42.7 Å². The summed E-state index contributed by atoms with van der Waals surface area (Å²) in [5, 5.41) is 0. The lowest BCUT2D eigenvalue weighted by Crippen LogP contribution is -2.51. The third-order valence-corrected chi connectivity index (χ3v) is 2.32. The summed E-state index contributed by atoms with van der Waals surface area (Å²) < 4.78 is 29.9. The Bertz CT molecular complexity index is 148. The molecule has 0 amide bonds. The molecule has 1 heterocycles.